The largest absolute Gasteiger partial charge is 0.493 e. The number of anilines is 1. The normalized spacial score (nSPS) is 10.3. The molecule has 0 unspecified atom stereocenters. The van der Waals surface area contributed by atoms with Crippen LogP contribution in [0.3, 0.4) is 0 Å². The lowest BCUT2D eigenvalue weighted by molar-refractivity contribution is -0.394. The maximum absolute atomic E-state index is 12.5. The molecule has 0 aliphatic heterocycles. The molecular weight excluding hydrogens is 390 g/mol. The average Bonchev–Trinajstić information content (AvgIpc) is 2.74. The zero-order valence-corrected chi connectivity index (χ0v) is 15.7. The Morgan fingerprint density at radius 3 is 2.37 bits per heavy atom. The smallest absolute Gasteiger partial charge is 0.289 e. The summed E-state index contributed by atoms with van der Waals surface area (Å²) in [7, 11) is 0. The van der Waals surface area contributed by atoms with E-state index in [1.807, 2.05) is 30.3 Å². The number of non-ortho nitro benzene ring substituents is 1. The van der Waals surface area contributed by atoms with Crippen LogP contribution in [0.5, 0.6) is 5.75 Å². The van der Waals surface area contributed by atoms with Crippen LogP contribution in [0.4, 0.5) is 17.1 Å². The van der Waals surface area contributed by atoms with Gasteiger partial charge in [-0.15, -0.1) is 0 Å². The van der Waals surface area contributed by atoms with Gasteiger partial charge in [0.05, 0.1) is 22.5 Å². The highest BCUT2D eigenvalue weighted by Gasteiger charge is 2.24. The SMILES string of the molecule is O=C(Nc1cccc(OCCc2ccccc2)c1)c1ccc([N+](=O)[O-])cc1[N+](=O)[O-]. The van der Waals surface area contributed by atoms with Crippen molar-refractivity contribution in [2.45, 2.75) is 6.42 Å². The van der Waals surface area contributed by atoms with Crippen molar-refractivity contribution in [3.05, 3.63) is 104 Å². The lowest BCUT2D eigenvalue weighted by atomic mass is 10.1. The maximum Gasteiger partial charge on any atom is 0.289 e. The average molecular weight is 407 g/mol. The van der Waals surface area contributed by atoms with Gasteiger partial charge in [0.25, 0.3) is 17.3 Å². The molecule has 0 heterocycles. The Morgan fingerprint density at radius 1 is 0.900 bits per heavy atom. The second kappa shape index (κ2) is 9.28. The van der Waals surface area contributed by atoms with Crippen molar-refractivity contribution in [3.8, 4) is 5.75 Å². The molecule has 9 nitrogen and oxygen atoms in total. The molecule has 0 aromatic heterocycles. The molecule has 0 aliphatic rings. The van der Waals surface area contributed by atoms with Crippen molar-refractivity contribution in [1.82, 2.24) is 0 Å². The van der Waals surface area contributed by atoms with E-state index in [2.05, 4.69) is 5.32 Å². The number of carbonyl (C=O) groups excluding carboxylic acids is 1. The molecule has 1 amide bonds. The highest BCUT2D eigenvalue weighted by Crippen LogP contribution is 2.26. The van der Waals surface area contributed by atoms with Gasteiger partial charge in [-0.2, -0.15) is 0 Å². The number of nitro groups is 2. The van der Waals surface area contributed by atoms with E-state index in [-0.39, 0.29) is 5.56 Å². The molecule has 0 spiro atoms. The Kier molecular flexibility index (Phi) is 6.33. The minimum atomic E-state index is -0.828. The van der Waals surface area contributed by atoms with Gasteiger partial charge in [-0.25, -0.2) is 0 Å². The van der Waals surface area contributed by atoms with Crippen LogP contribution in [0.25, 0.3) is 0 Å². The fourth-order valence-corrected chi connectivity index (χ4v) is 2.77. The van der Waals surface area contributed by atoms with Crippen LogP contribution in [0, 0.1) is 20.2 Å². The van der Waals surface area contributed by atoms with E-state index in [0.717, 1.165) is 23.8 Å². The lowest BCUT2D eigenvalue weighted by Gasteiger charge is -2.10. The number of amides is 1. The molecule has 152 valence electrons. The number of ether oxygens (including phenoxy) is 1. The van der Waals surface area contributed by atoms with Crippen LogP contribution in [0.1, 0.15) is 15.9 Å². The molecule has 0 aliphatic carbocycles. The molecule has 9 heteroatoms. The fraction of sp³-hybridized carbons (Fsp3) is 0.0952. The molecule has 0 atom stereocenters. The summed E-state index contributed by atoms with van der Waals surface area (Å²) in [5, 5.41) is 24.6. The third-order valence-electron chi connectivity index (χ3n) is 4.23. The highest BCUT2D eigenvalue weighted by molar-refractivity contribution is 6.07. The van der Waals surface area contributed by atoms with E-state index in [0.29, 0.717) is 24.5 Å². The van der Waals surface area contributed by atoms with Crippen LogP contribution < -0.4 is 10.1 Å². The Hall–Kier alpha value is -4.27. The lowest BCUT2D eigenvalue weighted by Crippen LogP contribution is -2.14. The van der Waals surface area contributed by atoms with Crippen LogP contribution >= 0.6 is 0 Å². The Labute approximate surface area is 171 Å². The van der Waals surface area contributed by atoms with Gasteiger partial charge in [0, 0.05) is 24.2 Å². The Morgan fingerprint density at radius 2 is 1.67 bits per heavy atom. The van der Waals surface area contributed by atoms with E-state index in [1.54, 1.807) is 24.3 Å². The van der Waals surface area contributed by atoms with Crippen molar-refractivity contribution < 1.29 is 19.4 Å². The highest BCUT2D eigenvalue weighted by atomic mass is 16.6. The van der Waals surface area contributed by atoms with Crippen molar-refractivity contribution in [2.75, 3.05) is 11.9 Å². The predicted molar refractivity (Wildman–Crippen MR) is 110 cm³/mol. The van der Waals surface area contributed by atoms with Crippen LogP contribution in [0.2, 0.25) is 0 Å². The van der Waals surface area contributed by atoms with Crippen molar-refractivity contribution in [2.24, 2.45) is 0 Å². The molecule has 3 rings (SSSR count). The van der Waals surface area contributed by atoms with E-state index in [4.69, 9.17) is 4.74 Å². The number of rotatable bonds is 8. The first-order valence-corrected chi connectivity index (χ1v) is 8.95. The van der Waals surface area contributed by atoms with Gasteiger partial charge in [0.2, 0.25) is 0 Å². The van der Waals surface area contributed by atoms with Crippen LogP contribution in [-0.4, -0.2) is 22.4 Å². The zero-order chi connectivity index (χ0) is 21.5. The Balaban J connectivity index is 1.69. The van der Waals surface area contributed by atoms with Crippen molar-refractivity contribution in [3.63, 3.8) is 0 Å². The molecule has 3 aromatic carbocycles. The first-order valence-electron chi connectivity index (χ1n) is 8.95. The van der Waals surface area contributed by atoms with Gasteiger partial charge < -0.3 is 10.1 Å². The van der Waals surface area contributed by atoms with Crippen molar-refractivity contribution >= 4 is 23.0 Å². The summed E-state index contributed by atoms with van der Waals surface area (Å²) >= 11 is 0. The van der Waals surface area contributed by atoms with Gasteiger partial charge >= 0.3 is 0 Å². The summed E-state index contributed by atoms with van der Waals surface area (Å²) in [6.07, 6.45) is 0.715. The first-order chi connectivity index (χ1) is 14.4. The molecular formula is C21H17N3O6. The number of benzene rings is 3. The quantitative estimate of drug-likeness (QED) is 0.436. The molecule has 1 N–H and O–H groups in total. The van der Waals surface area contributed by atoms with Crippen LogP contribution in [0.15, 0.2) is 72.8 Å². The second-order valence-electron chi connectivity index (χ2n) is 6.28. The monoisotopic (exact) mass is 407 g/mol. The number of nitro benzene ring substituents is 2. The standard InChI is InChI=1S/C21H17N3O6/c25-21(19-10-9-17(23(26)27)14-20(19)24(28)29)22-16-7-4-8-18(13-16)30-12-11-15-5-2-1-3-6-15/h1-10,13-14H,11-12H2,(H,22,25). The van der Waals surface area contributed by atoms with Gasteiger partial charge in [0.1, 0.15) is 11.3 Å². The summed E-state index contributed by atoms with van der Waals surface area (Å²) in [6.45, 7) is 0.440. The minimum Gasteiger partial charge on any atom is -0.493 e. The minimum absolute atomic E-state index is 0.277. The summed E-state index contributed by atoms with van der Waals surface area (Å²) < 4.78 is 5.71. The molecule has 0 saturated heterocycles. The molecule has 30 heavy (non-hydrogen) atoms. The topological polar surface area (TPSA) is 125 Å². The summed E-state index contributed by atoms with van der Waals surface area (Å²) in [5.74, 6) is -0.222. The maximum atomic E-state index is 12.5. The molecule has 0 saturated carbocycles. The molecule has 0 bridgehead atoms. The number of hydrogen-bond donors (Lipinski definition) is 1. The van der Waals surface area contributed by atoms with E-state index in [1.165, 1.54) is 0 Å². The van der Waals surface area contributed by atoms with E-state index >= 15 is 0 Å². The summed E-state index contributed by atoms with van der Waals surface area (Å²) in [5.41, 5.74) is 0.127. The van der Waals surface area contributed by atoms with E-state index < -0.39 is 27.1 Å². The molecule has 0 fully saturated rings. The Bertz CT molecular complexity index is 1090. The summed E-state index contributed by atoms with van der Waals surface area (Å²) in [6, 6.07) is 19.3. The van der Waals surface area contributed by atoms with Gasteiger partial charge in [0.15, 0.2) is 0 Å². The van der Waals surface area contributed by atoms with Gasteiger partial charge in [-0.05, 0) is 23.8 Å². The fourth-order valence-electron chi connectivity index (χ4n) is 2.77. The molecule has 3 aromatic rings. The zero-order valence-electron chi connectivity index (χ0n) is 15.7. The number of hydrogen-bond acceptors (Lipinski definition) is 6. The second-order valence-corrected chi connectivity index (χ2v) is 6.28. The number of nitrogens with one attached hydrogen (secondary N) is 1. The predicted octanol–water partition coefficient (Wildman–Crippen LogP) is 4.38. The third-order valence-corrected chi connectivity index (χ3v) is 4.23. The van der Waals surface area contributed by atoms with E-state index in [9.17, 15) is 25.0 Å². The van der Waals surface area contributed by atoms with Gasteiger partial charge in [-0.3, -0.25) is 25.0 Å². The third kappa shape index (κ3) is 5.16. The number of nitrogens with zero attached hydrogens (tertiary/aromatic N) is 2. The summed E-state index contributed by atoms with van der Waals surface area (Å²) in [4.78, 5) is 33.0. The molecule has 0 radical (unpaired) electrons. The van der Waals surface area contributed by atoms with Gasteiger partial charge in [-0.1, -0.05) is 36.4 Å². The first kappa shape index (κ1) is 20.5. The van der Waals surface area contributed by atoms with Crippen molar-refractivity contribution in [1.29, 1.82) is 0 Å². The van der Waals surface area contributed by atoms with Crippen LogP contribution in [-0.2, 0) is 6.42 Å². The number of carbonyl (C=O) groups is 1.